The van der Waals surface area contributed by atoms with Gasteiger partial charge in [0.05, 0.1) is 6.26 Å². The fraction of sp³-hybridized carbons (Fsp3) is 0.714. The van der Waals surface area contributed by atoms with Crippen LogP contribution >= 0.6 is 22.6 Å². The molecular weight excluding hydrogens is 255 g/mol. The quantitative estimate of drug-likeness (QED) is 0.330. The largest absolute Gasteiger partial charge is 0.550 e. The van der Waals surface area contributed by atoms with Crippen LogP contribution < -0.4 is 0 Å². The molecule has 0 saturated heterocycles. The Kier molecular flexibility index (Phi) is 5.43. The molecule has 0 amide bonds. The number of alkyl halides is 1. The highest BCUT2D eigenvalue weighted by Gasteiger charge is 2.12. The highest BCUT2D eigenvalue weighted by molar-refractivity contribution is 14.1. The minimum absolute atomic E-state index is 1.12. The molecule has 3 heteroatoms. The molecule has 0 rings (SSSR count). The molecular formula is C7H15IOSi. The van der Waals surface area contributed by atoms with E-state index < -0.39 is 8.32 Å². The number of hydrogen-bond acceptors (Lipinski definition) is 1. The second kappa shape index (κ2) is 5.18. The van der Waals surface area contributed by atoms with Gasteiger partial charge in [0.25, 0.3) is 0 Å². The van der Waals surface area contributed by atoms with Gasteiger partial charge in [-0.2, -0.15) is 0 Å². The van der Waals surface area contributed by atoms with Crippen LogP contribution in [0.1, 0.15) is 6.42 Å². The van der Waals surface area contributed by atoms with E-state index in [4.69, 9.17) is 4.43 Å². The van der Waals surface area contributed by atoms with E-state index >= 15 is 0 Å². The predicted molar refractivity (Wildman–Crippen MR) is 57.1 cm³/mol. The van der Waals surface area contributed by atoms with Gasteiger partial charge in [0.15, 0.2) is 0 Å². The van der Waals surface area contributed by atoms with Crippen LogP contribution in [0, 0.1) is 0 Å². The highest BCUT2D eigenvalue weighted by Crippen LogP contribution is 2.03. The first-order valence-electron chi connectivity index (χ1n) is 3.45. The van der Waals surface area contributed by atoms with Crippen LogP contribution in [0.5, 0.6) is 0 Å². The van der Waals surface area contributed by atoms with Crippen LogP contribution in [-0.2, 0) is 4.43 Å². The summed E-state index contributed by atoms with van der Waals surface area (Å²) in [4.78, 5) is 0. The van der Waals surface area contributed by atoms with Crippen molar-refractivity contribution in [3.8, 4) is 0 Å². The Labute approximate surface area is 78.1 Å². The molecule has 10 heavy (non-hydrogen) atoms. The third-order valence-electron chi connectivity index (χ3n) is 0.794. The first kappa shape index (κ1) is 10.5. The van der Waals surface area contributed by atoms with E-state index in [9.17, 15) is 0 Å². The van der Waals surface area contributed by atoms with E-state index in [1.165, 1.54) is 4.43 Å². The van der Waals surface area contributed by atoms with Crippen molar-refractivity contribution < 1.29 is 4.43 Å². The maximum Gasteiger partial charge on any atom is 0.241 e. The Hall–Kier alpha value is 0.487. The van der Waals surface area contributed by atoms with E-state index in [-0.39, 0.29) is 0 Å². The minimum Gasteiger partial charge on any atom is -0.550 e. The monoisotopic (exact) mass is 270 g/mol. The number of hydrogen-bond donors (Lipinski definition) is 0. The van der Waals surface area contributed by atoms with Crippen molar-refractivity contribution in [2.75, 3.05) is 4.43 Å². The summed E-state index contributed by atoms with van der Waals surface area (Å²) in [6.45, 7) is 6.55. The van der Waals surface area contributed by atoms with E-state index in [1.54, 1.807) is 0 Å². The van der Waals surface area contributed by atoms with Crippen molar-refractivity contribution in [3.05, 3.63) is 12.3 Å². The van der Waals surface area contributed by atoms with Gasteiger partial charge < -0.3 is 4.43 Å². The Bertz CT molecular complexity index is 107. The molecule has 0 aromatic rings. The smallest absolute Gasteiger partial charge is 0.241 e. The first-order chi connectivity index (χ1) is 4.56. The van der Waals surface area contributed by atoms with Crippen LogP contribution in [0.25, 0.3) is 0 Å². The van der Waals surface area contributed by atoms with Crippen LogP contribution in [0.15, 0.2) is 12.3 Å². The normalized spacial score (nSPS) is 12.4. The van der Waals surface area contributed by atoms with E-state index in [2.05, 4.69) is 48.3 Å². The third kappa shape index (κ3) is 8.49. The van der Waals surface area contributed by atoms with E-state index in [0.717, 1.165) is 6.42 Å². The van der Waals surface area contributed by atoms with Crippen LogP contribution in [0.4, 0.5) is 0 Å². The number of halogens is 1. The molecule has 0 aliphatic heterocycles. The molecule has 0 aliphatic carbocycles. The summed E-state index contributed by atoms with van der Waals surface area (Å²) in [6.07, 6.45) is 5.06. The SMILES string of the molecule is C[Si](C)(C)O/C=C/CCI. The molecule has 0 unspecified atom stereocenters. The lowest BCUT2D eigenvalue weighted by molar-refractivity contribution is 0.477. The van der Waals surface area contributed by atoms with E-state index in [1.807, 2.05) is 6.26 Å². The Morgan fingerprint density at radius 3 is 2.40 bits per heavy atom. The van der Waals surface area contributed by atoms with Crippen molar-refractivity contribution in [1.29, 1.82) is 0 Å². The standard InChI is InChI=1S/C7H15IOSi/c1-10(2,3)9-7-5-4-6-8/h5,7H,4,6H2,1-3H3/b7-5+. The predicted octanol–water partition coefficient (Wildman–Crippen LogP) is 3.18. The van der Waals surface area contributed by atoms with E-state index in [0.29, 0.717) is 0 Å². The lowest BCUT2D eigenvalue weighted by Gasteiger charge is -2.14. The number of allylic oxidation sites excluding steroid dienone is 1. The lowest BCUT2D eigenvalue weighted by atomic mass is 10.5. The zero-order valence-corrected chi connectivity index (χ0v) is 10.0. The summed E-state index contributed by atoms with van der Waals surface area (Å²) in [5, 5.41) is 0. The topological polar surface area (TPSA) is 9.23 Å². The van der Waals surface area contributed by atoms with Crippen LogP contribution in [-0.4, -0.2) is 12.7 Å². The molecule has 0 bridgehead atoms. The first-order valence-corrected chi connectivity index (χ1v) is 8.38. The van der Waals surface area contributed by atoms with Crippen molar-refractivity contribution in [2.45, 2.75) is 26.1 Å². The minimum atomic E-state index is -1.30. The van der Waals surface area contributed by atoms with Gasteiger partial charge in [-0.1, -0.05) is 28.7 Å². The molecule has 60 valence electrons. The van der Waals surface area contributed by atoms with Gasteiger partial charge in [-0.05, 0) is 26.1 Å². The molecule has 0 spiro atoms. The third-order valence-corrected chi connectivity index (χ3v) is 2.26. The maximum absolute atomic E-state index is 5.49. The Morgan fingerprint density at radius 1 is 1.40 bits per heavy atom. The van der Waals surface area contributed by atoms with Crippen LogP contribution in [0.3, 0.4) is 0 Å². The Morgan fingerprint density at radius 2 is 2.00 bits per heavy atom. The molecule has 1 nitrogen and oxygen atoms in total. The van der Waals surface area contributed by atoms with Crippen molar-refractivity contribution >= 4 is 30.9 Å². The summed E-state index contributed by atoms with van der Waals surface area (Å²) in [5.74, 6) is 0. The summed E-state index contributed by atoms with van der Waals surface area (Å²) >= 11 is 2.35. The highest BCUT2D eigenvalue weighted by atomic mass is 127. The Balaban J connectivity index is 3.34. The second-order valence-electron chi connectivity index (χ2n) is 3.08. The second-order valence-corrected chi connectivity index (χ2v) is 8.62. The summed E-state index contributed by atoms with van der Waals surface area (Å²) < 4.78 is 6.66. The zero-order valence-electron chi connectivity index (χ0n) is 6.86. The van der Waals surface area contributed by atoms with Crippen molar-refractivity contribution in [1.82, 2.24) is 0 Å². The van der Waals surface area contributed by atoms with Gasteiger partial charge >= 0.3 is 0 Å². The lowest BCUT2D eigenvalue weighted by Crippen LogP contribution is -2.21. The average molecular weight is 270 g/mol. The zero-order chi connectivity index (χ0) is 8.04. The van der Waals surface area contributed by atoms with Crippen molar-refractivity contribution in [2.24, 2.45) is 0 Å². The molecule has 0 aliphatic rings. The fourth-order valence-corrected chi connectivity index (χ4v) is 1.25. The molecule has 0 atom stereocenters. The number of rotatable bonds is 4. The average Bonchev–Trinajstić information content (AvgIpc) is 1.78. The van der Waals surface area contributed by atoms with Gasteiger partial charge in [-0.3, -0.25) is 0 Å². The summed E-state index contributed by atoms with van der Waals surface area (Å²) in [5.41, 5.74) is 0. The molecule has 0 fully saturated rings. The molecule has 0 saturated carbocycles. The molecule has 0 radical (unpaired) electrons. The van der Waals surface area contributed by atoms with Gasteiger partial charge in [0.2, 0.25) is 8.32 Å². The maximum atomic E-state index is 5.49. The van der Waals surface area contributed by atoms with Gasteiger partial charge in [0, 0.05) is 4.43 Å². The molecule has 0 aromatic heterocycles. The fourth-order valence-electron chi connectivity index (χ4n) is 0.383. The van der Waals surface area contributed by atoms with Gasteiger partial charge in [0.1, 0.15) is 0 Å². The van der Waals surface area contributed by atoms with Crippen LogP contribution in [0.2, 0.25) is 19.6 Å². The molecule has 0 heterocycles. The van der Waals surface area contributed by atoms with Crippen molar-refractivity contribution in [3.63, 3.8) is 0 Å². The molecule has 0 aromatic carbocycles. The van der Waals surface area contributed by atoms with Gasteiger partial charge in [-0.15, -0.1) is 0 Å². The summed E-state index contributed by atoms with van der Waals surface area (Å²) in [7, 11) is -1.30. The summed E-state index contributed by atoms with van der Waals surface area (Å²) in [6, 6.07) is 0. The molecule has 0 N–H and O–H groups in total. The van der Waals surface area contributed by atoms with Gasteiger partial charge in [-0.25, -0.2) is 0 Å².